The number of aliphatic hydroxyl groups is 1. The number of nitrogens with zero attached hydrogens (tertiary/aromatic N) is 2. The smallest absolute Gasteiger partial charge is 0.222 e. The third-order valence-corrected chi connectivity index (χ3v) is 5.00. The molecule has 1 aliphatic rings. The molecule has 2 aromatic rings. The molecule has 0 saturated heterocycles. The summed E-state index contributed by atoms with van der Waals surface area (Å²) in [6.07, 6.45) is 2.40. The lowest BCUT2D eigenvalue weighted by molar-refractivity contribution is 0.182. The number of nitrogens with two attached hydrogens (primary N) is 1. The van der Waals surface area contributed by atoms with Gasteiger partial charge in [0.05, 0.1) is 19.2 Å². The molecule has 2 heterocycles. The number of aliphatic hydroxyl groups excluding tert-OH is 1. The van der Waals surface area contributed by atoms with Crippen molar-refractivity contribution in [2.45, 2.75) is 31.4 Å². The zero-order chi connectivity index (χ0) is 12.7. The number of halogens is 1. The van der Waals surface area contributed by atoms with Gasteiger partial charge in [0.15, 0.2) is 0 Å². The Hall–Kier alpha value is -0.670. The van der Waals surface area contributed by atoms with E-state index in [0.717, 1.165) is 38.2 Å². The first kappa shape index (κ1) is 12.4. The predicted molar refractivity (Wildman–Crippen MR) is 81.8 cm³/mol. The molecule has 3 rings (SSSR count). The molecule has 2 atom stereocenters. The van der Waals surface area contributed by atoms with Crippen molar-refractivity contribution in [2.75, 3.05) is 11.1 Å². The van der Waals surface area contributed by atoms with Gasteiger partial charge in [-0.25, -0.2) is 4.98 Å². The molecule has 96 valence electrons. The molecule has 0 radical (unpaired) electrons. The van der Waals surface area contributed by atoms with E-state index >= 15 is 0 Å². The van der Waals surface area contributed by atoms with Crippen LogP contribution < -0.4 is 11.1 Å². The summed E-state index contributed by atoms with van der Waals surface area (Å²) in [6, 6.07) is 2.28. The monoisotopic (exact) mass is 376 g/mol. The number of anilines is 2. The summed E-state index contributed by atoms with van der Waals surface area (Å²) in [6.45, 7) is 0. The molecule has 18 heavy (non-hydrogen) atoms. The molecule has 1 fully saturated rings. The maximum atomic E-state index is 9.55. The molecule has 0 aromatic carbocycles. The van der Waals surface area contributed by atoms with Crippen LogP contribution in [0.3, 0.4) is 0 Å². The highest BCUT2D eigenvalue weighted by molar-refractivity contribution is 14.1. The van der Waals surface area contributed by atoms with Gasteiger partial charge in [-0.05, 0) is 47.9 Å². The fourth-order valence-corrected chi connectivity index (χ4v) is 4.03. The Bertz CT molecular complexity index is 588. The van der Waals surface area contributed by atoms with E-state index < -0.39 is 0 Å². The van der Waals surface area contributed by atoms with Gasteiger partial charge in [0.2, 0.25) is 5.95 Å². The molecule has 0 bridgehead atoms. The first-order valence-electron chi connectivity index (χ1n) is 5.79. The predicted octanol–water partition coefficient (Wildman–Crippen LogP) is 2.20. The zero-order valence-electron chi connectivity index (χ0n) is 9.56. The minimum Gasteiger partial charge on any atom is -0.393 e. The van der Waals surface area contributed by atoms with E-state index in [0.29, 0.717) is 0 Å². The fraction of sp³-hybridized carbons (Fsp3) is 0.455. The van der Waals surface area contributed by atoms with Gasteiger partial charge in [-0.3, -0.25) is 0 Å². The van der Waals surface area contributed by atoms with Crippen molar-refractivity contribution < 1.29 is 5.11 Å². The Morgan fingerprint density at radius 3 is 3.00 bits per heavy atom. The molecule has 0 aliphatic heterocycles. The van der Waals surface area contributed by atoms with Gasteiger partial charge in [0, 0.05) is 6.04 Å². The van der Waals surface area contributed by atoms with E-state index in [1.807, 2.05) is 6.07 Å². The highest BCUT2D eigenvalue weighted by Gasteiger charge is 2.24. The van der Waals surface area contributed by atoms with Crippen LogP contribution in [0.25, 0.3) is 10.2 Å². The lowest BCUT2D eigenvalue weighted by Gasteiger charge is -2.13. The minimum atomic E-state index is -0.194. The summed E-state index contributed by atoms with van der Waals surface area (Å²) < 4.78 is 2.20. The lowest BCUT2D eigenvalue weighted by Crippen LogP contribution is -2.18. The zero-order valence-corrected chi connectivity index (χ0v) is 12.5. The first-order valence-corrected chi connectivity index (χ1v) is 7.68. The maximum absolute atomic E-state index is 9.55. The van der Waals surface area contributed by atoms with E-state index in [1.54, 1.807) is 11.3 Å². The number of nitrogens with one attached hydrogen (secondary N) is 1. The molecule has 5 nitrogen and oxygen atoms in total. The van der Waals surface area contributed by atoms with Gasteiger partial charge < -0.3 is 16.2 Å². The van der Waals surface area contributed by atoms with Crippen LogP contribution in [0.4, 0.5) is 11.8 Å². The van der Waals surface area contributed by atoms with Crippen molar-refractivity contribution in [3.63, 3.8) is 0 Å². The van der Waals surface area contributed by atoms with Crippen molar-refractivity contribution in [3.8, 4) is 0 Å². The molecule has 2 aromatic heterocycles. The summed E-state index contributed by atoms with van der Waals surface area (Å²) in [4.78, 5) is 8.51. The summed E-state index contributed by atoms with van der Waals surface area (Å²) in [7, 11) is 0. The van der Waals surface area contributed by atoms with Crippen LogP contribution in [0.15, 0.2) is 6.07 Å². The third kappa shape index (κ3) is 2.39. The number of hydrogen-bond acceptors (Lipinski definition) is 6. The first-order chi connectivity index (χ1) is 8.61. The highest BCUT2D eigenvalue weighted by Crippen LogP contribution is 2.33. The van der Waals surface area contributed by atoms with Crippen LogP contribution in [0, 0.1) is 2.88 Å². The van der Waals surface area contributed by atoms with Gasteiger partial charge >= 0.3 is 0 Å². The van der Waals surface area contributed by atoms with Crippen molar-refractivity contribution >= 4 is 55.9 Å². The minimum absolute atomic E-state index is 0.194. The largest absolute Gasteiger partial charge is 0.393 e. The Morgan fingerprint density at radius 2 is 2.28 bits per heavy atom. The van der Waals surface area contributed by atoms with Crippen LogP contribution in [0.5, 0.6) is 0 Å². The van der Waals surface area contributed by atoms with Gasteiger partial charge in [0.25, 0.3) is 0 Å². The van der Waals surface area contributed by atoms with Crippen LogP contribution in [-0.4, -0.2) is 27.2 Å². The Morgan fingerprint density at radius 1 is 1.44 bits per heavy atom. The van der Waals surface area contributed by atoms with Crippen LogP contribution in [0.2, 0.25) is 0 Å². The average Bonchev–Trinajstić information content (AvgIpc) is 2.84. The van der Waals surface area contributed by atoms with E-state index in [9.17, 15) is 5.11 Å². The molecule has 1 aliphatic carbocycles. The summed E-state index contributed by atoms with van der Waals surface area (Å²) in [5.41, 5.74) is 6.61. The Kier molecular flexibility index (Phi) is 3.29. The number of thiophene rings is 1. The number of aromatic nitrogens is 2. The third-order valence-electron chi connectivity index (χ3n) is 3.10. The molecule has 0 amide bonds. The average molecular weight is 376 g/mol. The van der Waals surface area contributed by atoms with E-state index in [1.165, 1.54) is 0 Å². The summed E-state index contributed by atoms with van der Waals surface area (Å²) in [5, 5.41) is 12.9. The SMILES string of the molecule is Nc1nc(N[C@H]2CC[C@H](O)C2)c2sc(I)cc2n1. The summed E-state index contributed by atoms with van der Waals surface area (Å²) >= 11 is 3.92. The normalized spacial score (nSPS) is 23.7. The Labute approximate surface area is 122 Å². The molecular formula is C11H13IN4OS. The van der Waals surface area contributed by atoms with Crippen LogP contribution in [0.1, 0.15) is 19.3 Å². The summed E-state index contributed by atoms with van der Waals surface area (Å²) in [5.74, 6) is 1.09. The van der Waals surface area contributed by atoms with Crippen LogP contribution in [-0.2, 0) is 0 Å². The number of rotatable bonds is 2. The molecule has 7 heteroatoms. The van der Waals surface area contributed by atoms with Crippen LogP contribution >= 0.6 is 33.9 Å². The molecule has 0 spiro atoms. The van der Waals surface area contributed by atoms with E-state index in [2.05, 4.69) is 37.9 Å². The second kappa shape index (κ2) is 4.78. The molecular weight excluding hydrogens is 363 g/mol. The number of nitrogen functional groups attached to an aromatic ring is 1. The van der Waals surface area contributed by atoms with Gasteiger partial charge in [-0.1, -0.05) is 0 Å². The standard InChI is InChI=1S/C11H13IN4OS/c12-8-4-7-9(18-8)10(16-11(13)15-7)14-5-1-2-6(17)3-5/h4-6,17H,1-3H2,(H3,13,14,15,16)/t5-,6-/m0/s1. The van der Waals surface area contributed by atoms with Gasteiger partial charge in [-0.2, -0.15) is 4.98 Å². The molecule has 0 unspecified atom stereocenters. The molecule has 1 saturated carbocycles. The Balaban J connectivity index is 1.95. The van der Waals surface area contributed by atoms with Crippen molar-refractivity contribution in [1.29, 1.82) is 0 Å². The lowest BCUT2D eigenvalue weighted by atomic mass is 10.2. The van der Waals surface area contributed by atoms with Gasteiger partial charge in [-0.15, -0.1) is 11.3 Å². The highest BCUT2D eigenvalue weighted by atomic mass is 127. The number of fused-ring (bicyclic) bond motifs is 1. The van der Waals surface area contributed by atoms with Crippen molar-refractivity contribution in [1.82, 2.24) is 9.97 Å². The van der Waals surface area contributed by atoms with Crippen molar-refractivity contribution in [2.24, 2.45) is 0 Å². The second-order valence-electron chi connectivity index (χ2n) is 4.50. The topological polar surface area (TPSA) is 84.1 Å². The quantitative estimate of drug-likeness (QED) is 0.700. The van der Waals surface area contributed by atoms with E-state index in [-0.39, 0.29) is 18.1 Å². The second-order valence-corrected chi connectivity index (χ2v) is 7.45. The van der Waals surface area contributed by atoms with E-state index in [4.69, 9.17) is 5.73 Å². The van der Waals surface area contributed by atoms with Crippen molar-refractivity contribution in [3.05, 3.63) is 8.95 Å². The number of hydrogen-bond donors (Lipinski definition) is 3. The molecule has 4 N–H and O–H groups in total. The fourth-order valence-electron chi connectivity index (χ4n) is 2.30. The maximum Gasteiger partial charge on any atom is 0.222 e. The van der Waals surface area contributed by atoms with Gasteiger partial charge in [0.1, 0.15) is 5.82 Å².